The second-order valence-electron chi connectivity index (χ2n) is 4.86. The van der Waals surface area contributed by atoms with Crippen molar-refractivity contribution >= 4 is 56.0 Å². The molecule has 4 heteroatoms. The molecule has 0 atom stereocenters. The summed E-state index contributed by atoms with van der Waals surface area (Å²) < 4.78 is 5.97. The highest BCUT2D eigenvalue weighted by atomic mass is 32.1. The molecule has 0 aliphatic rings. The first-order valence-corrected chi connectivity index (χ1v) is 6.69. The van der Waals surface area contributed by atoms with Crippen molar-refractivity contribution in [3.8, 4) is 0 Å². The maximum Gasteiger partial charge on any atom is 0.160 e. The minimum absolute atomic E-state index is 0.782. The topological polar surface area (TPSA) is 41.3 Å². The van der Waals surface area contributed by atoms with E-state index in [1.807, 2.05) is 18.2 Å². The van der Waals surface area contributed by atoms with Gasteiger partial charge in [-0.3, -0.25) is 0 Å². The van der Waals surface area contributed by atoms with Crippen LogP contribution >= 0.6 is 12.2 Å². The van der Waals surface area contributed by atoms with E-state index in [2.05, 4.69) is 52.5 Å². The first-order chi connectivity index (χ1) is 9.76. The van der Waals surface area contributed by atoms with Crippen LogP contribution in [0.4, 0.5) is 5.69 Å². The molecule has 0 aliphatic carbocycles. The van der Waals surface area contributed by atoms with Crippen LogP contribution in [0.25, 0.3) is 33.0 Å². The molecule has 0 aliphatic heterocycles. The predicted molar refractivity (Wildman–Crippen MR) is 85.0 cm³/mol. The number of hydrogen-bond acceptors (Lipinski definition) is 3. The maximum atomic E-state index is 5.97. The summed E-state index contributed by atoms with van der Waals surface area (Å²) in [6.07, 6.45) is 0. The van der Waals surface area contributed by atoms with E-state index in [0.717, 1.165) is 38.7 Å². The smallest absolute Gasteiger partial charge is 0.160 e. The Bertz CT molecular complexity index is 1020. The normalized spacial score (nSPS) is 11.2. The fraction of sp³-hybridized carbons (Fsp3) is 0.0625. The molecule has 20 heavy (non-hydrogen) atoms. The van der Waals surface area contributed by atoms with Gasteiger partial charge in [-0.15, -0.1) is 0 Å². The summed E-state index contributed by atoms with van der Waals surface area (Å²) in [4.78, 5) is 7.44. The van der Waals surface area contributed by atoms with E-state index in [1.165, 1.54) is 5.56 Å². The minimum Gasteiger partial charge on any atom is -0.454 e. The molecule has 0 saturated heterocycles. The van der Waals surface area contributed by atoms with Crippen LogP contribution < -0.4 is 0 Å². The molecule has 0 unspecified atom stereocenters. The highest BCUT2D eigenvalue weighted by Gasteiger charge is 2.13. The van der Waals surface area contributed by atoms with Crippen LogP contribution in [0.2, 0.25) is 0 Å². The number of thiocarbonyl (C=S) groups is 1. The van der Waals surface area contributed by atoms with Crippen molar-refractivity contribution in [1.82, 2.24) is 4.98 Å². The molecule has 2 aromatic heterocycles. The third-order valence-electron chi connectivity index (χ3n) is 3.53. The molecule has 0 fully saturated rings. The number of fused-ring (bicyclic) bond motifs is 5. The monoisotopic (exact) mass is 278 g/mol. The highest BCUT2D eigenvalue weighted by Crippen LogP contribution is 2.35. The summed E-state index contributed by atoms with van der Waals surface area (Å²) in [5.74, 6) is 0. The Labute approximate surface area is 119 Å². The summed E-state index contributed by atoms with van der Waals surface area (Å²) in [5, 5.41) is 4.51. The van der Waals surface area contributed by atoms with Crippen molar-refractivity contribution in [2.75, 3.05) is 0 Å². The Hall–Kier alpha value is -2.42. The molecule has 0 amide bonds. The molecule has 4 aromatic rings. The van der Waals surface area contributed by atoms with Crippen molar-refractivity contribution in [2.45, 2.75) is 6.92 Å². The lowest BCUT2D eigenvalue weighted by molar-refractivity contribution is 0.673. The molecule has 0 spiro atoms. The van der Waals surface area contributed by atoms with Gasteiger partial charge < -0.3 is 9.40 Å². The number of aromatic nitrogens is 1. The van der Waals surface area contributed by atoms with Gasteiger partial charge in [0.15, 0.2) is 5.58 Å². The standard InChI is InChI=1S/C16H10N2OS/c1-9-2-4-13-11(6-9)16-15(18-13)12-7-10(17-8-20)3-5-14(12)19-16/h2-7,18H,1H3. The molecule has 3 nitrogen and oxygen atoms in total. The zero-order valence-electron chi connectivity index (χ0n) is 10.7. The van der Waals surface area contributed by atoms with E-state index in [0.29, 0.717) is 0 Å². The predicted octanol–water partition coefficient (Wildman–Crippen LogP) is 5.11. The molecular weight excluding hydrogens is 268 g/mol. The van der Waals surface area contributed by atoms with Crippen molar-refractivity contribution in [3.05, 3.63) is 42.0 Å². The molecule has 1 N–H and O–H groups in total. The number of H-pyrrole nitrogens is 1. The van der Waals surface area contributed by atoms with Gasteiger partial charge in [-0.2, -0.15) is 4.99 Å². The van der Waals surface area contributed by atoms with Crippen LogP contribution in [0.1, 0.15) is 5.56 Å². The summed E-state index contributed by atoms with van der Waals surface area (Å²) in [7, 11) is 0. The SMILES string of the molecule is Cc1ccc2[nH]c3c4cc(N=C=S)ccc4oc3c2c1. The van der Waals surface area contributed by atoms with Gasteiger partial charge in [-0.1, -0.05) is 11.6 Å². The lowest BCUT2D eigenvalue weighted by atomic mass is 10.2. The second-order valence-corrected chi connectivity index (χ2v) is 5.05. The van der Waals surface area contributed by atoms with Gasteiger partial charge in [0, 0.05) is 16.3 Å². The lowest BCUT2D eigenvalue weighted by Gasteiger charge is -1.93. The quantitative estimate of drug-likeness (QED) is 0.388. The van der Waals surface area contributed by atoms with Gasteiger partial charge in [-0.25, -0.2) is 0 Å². The number of nitrogens with zero attached hydrogens (tertiary/aromatic N) is 1. The number of aromatic amines is 1. The fourth-order valence-electron chi connectivity index (χ4n) is 2.61. The van der Waals surface area contributed by atoms with Crippen LogP contribution in [0.15, 0.2) is 45.8 Å². The molecule has 0 saturated carbocycles. The van der Waals surface area contributed by atoms with Gasteiger partial charge in [0.25, 0.3) is 0 Å². The number of nitrogens with one attached hydrogen (secondary N) is 1. The van der Waals surface area contributed by atoms with Crippen LogP contribution in [0.5, 0.6) is 0 Å². The zero-order valence-corrected chi connectivity index (χ0v) is 11.5. The number of isothiocyanates is 1. The highest BCUT2D eigenvalue weighted by molar-refractivity contribution is 7.78. The third kappa shape index (κ3) is 1.53. The average Bonchev–Trinajstić information content (AvgIpc) is 2.96. The van der Waals surface area contributed by atoms with E-state index in [1.54, 1.807) is 0 Å². The Balaban J connectivity index is 2.16. The van der Waals surface area contributed by atoms with Crippen LogP contribution in [0.3, 0.4) is 0 Å². The molecular formula is C16H10N2OS. The Morgan fingerprint density at radius 1 is 1.15 bits per heavy atom. The third-order valence-corrected chi connectivity index (χ3v) is 3.62. The first kappa shape index (κ1) is 11.4. The zero-order chi connectivity index (χ0) is 13.7. The largest absolute Gasteiger partial charge is 0.454 e. The Morgan fingerprint density at radius 2 is 2.05 bits per heavy atom. The van der Waals surface area contributed by atoms with Crippen molar-refractivity contribution < 1.29 is 4.42 Å². The van der Waals surface area contributed by atoms with Gasteiger partial charge in [0.05, 0.1) is 16.4 Å². The molecule has 96 valence electrons. The molecule has 2 aromatic carbocycles. The summed E-state index contributed by atoms with van der Waals surface area (Å²) >= 11 is 4.65. The van der Waals surface area contributed by atoms with Gasteiger partial charge >= 0.3 is 0 Å². The molecule has 2 heterocycles. The van der Waals surface area contributed by atoms with Crippen LogP contribution in [-0.4, -0.2) is 10.1 Å². The van der Waals surface area contributed by atoms with Crippen molar-refractivity contribution in [2.24, 2.45) is 4.99 Å². The number of rotatable bonds is 1. The summed E-state index contributed by atoms with van der Waals surface area (Å²) in [6, 6.07) is 12.0. The molecule has 0 bridgehead atoms. The number of furan rings is 1. The lowest BCUT2D eigenvalue weighted by Crippen LogP contribution is -1.72. The number of aryl methyl sites for hydroxylation is 1. The molecule has 0 radical (unpaired) electrons. The first-order valence-electron chi connectivity index (χ1n) is 6.29. The number of aliphatic imine (C=N–C) groups is 1. The Morgan fingerprint density at radius 3 is 2.90 bits per heavy atom. The second kappa shape index (κ2) is 4.04. The molecule has 4 rings (SSSR count). The van der Waals surface area contributed by atoms with E-state index >= 15 is 0 Å². The van der Waals surface area contributed by atoms with Crippen molar-refractivity contribution in [3.63, 3.8) is 0 Å². The summed E-state index contributed by atoms with van der Waals surface area (Å²) in [6.45, 7) is 2.08. The van der Waals surface area contributed by atoms with E-state index in [9.17, 15) is 0 Å². The van der Waals surface area contributed by atoms with Crippen LogP contribution in [0, 0.1) is 6.92 Å². The van der Waals surface area contributed by atoms with Gasteiger partial charge in [0.1, 0.15) is 5.58 Å². The van der Waals surface area contributed by atoms with E-state index in [-0.39, 0.29) is 0 Å². The van der Waals surface area contributed by atoms with Gasteiger partial charge in [-0.05, 0) is 49.5 Å². The van der Waals surface area contributed by atoms with Gasteiger partial charge in [0.2, 0.25) is 0 Å². The summed E-state index contributed by atoms with van der Waals surface area (Å²) in [5.41, 5.74) is 5.81. The number of benzene rings is 2. The fourth-order valence-corrected chi connectivity index (χ4v) is 2.72. The average molecular weight is 278 g/mol. The van der Waals surface area contributed by atoms with E-state index < -0.39 is 0 Å². The van der Waals surface area contributed by atoms with Crippen LogP contribution in [-0.2, 0) is 0 Å². The van der Waals surface area contributed by atoms with E-state index in [4.69, 9.17) is 4.42 Å². The number of hydrogen-bond donors (Lipinski definition) is 1. The Kier molecular flexibility index (Phi) is 2.30. The minimum atomic E-state index is 0.782. The maximum absolute atomic E-state index is 5.97. The van der Waals surface area contributed by atoms with Crippen molar-refractivity contribution in [1.29, 1.82) is 0 Å².